The highest BCUT2D eigenvalue weighted by atomic mass is 79.9. The van der Waals surface area contributed by atoms with Crippen LogP contribution in [0.25, 0.3) is 0 Å². The lowest BCUT2D eigenvalue weighted by Gasteiger charge is -2.07. The highest BCUT2D eigenvalue weighted by Gasteiger charge is 2.03. The maximum atomic E-state index is 6.04. The quantitative estimate of drug-likeness (QED) is 0.912. The van der Waals surface area contributed by atoms with E-state index in [2.05, 4.69) is 31.2 Å². The summed E-state index contributed by atoms with van der Waals surface area (Å²) in [5, 5.41) is 3.66. The van der Waals surface area contributed by atoms with E-state index in [1.54, 1.807) is 18.5 Å². The number of nitrogens with zero attached hydrogens (tertiary/aromatic N) is 2. The van der Waals surface area contributed by atoms with E-state index in [0.717, 1.165) is 15.9 Å². The van der Waals surface area contributed by atoms with Crippen molar-refractivity contribution >= 4 is 39.0 Å². The number of nitrogens with one attached hydrogen (secondary N) is 1. The molecule has 3 nitrogen and oxygen atoms in total. The third-order valence-corrected chi connectivity index (χ3v) is 2.70. The fraction of sp³-hybridized carbons (Fsp3) is 0.0909. The van der Waals surface area contributed by atoms with Gasteiger partial charge in [0.15, 0.2) is 0 Å². The van der Waals surface area contributed by atoms with Crippen LogP contribution >= 0.6 is 27.5 Å². The van der Waals surface area contributed by atoms with Crippen LogP contribution in [0, 0.1) is 6.92 Å². The van der Waals surface area contributed by atoms with Crippen molar-refractivity contribution in [2.24, 2.45) is 0 Å². The second kappa shape index (κ2) is 4.80. The van der Waals surface area contributed by atoms with Crippen LogP contribution in [-0.2, 0) is 0 Å². The first-order valence-corrected chi connectivity index (χ1v) is 5.83. The molecule has 0 fully saturated rings. The molecule has 16 heavy (non-hydrogen) atoms. The first-order valence-electron chi connectivity index (χ1n) is 4.66. The number of halogens is 2. The summed E-state index contributed by atoms with van der Waals surface area (Å²) in [4.78, 5) is 8.36. The van der Waals surface area contributed by atoms with Gasteiger partial charge in [0, 0.05) is 16.4 Å². The lowest BCUT2D eigenvalue weighted by atomic mass is 10.3. The molecule has 0 saturated heterocycles. The molecule has 2 rings (SSSR count). The number of aryl methyl sites for hydroxylation is 1. The van der Waals surface area contributed by atoms with Crippen molar-refractivity contribution in [2.75, 3.05) is 5.32 Å². The molecular formula is C11H9BrClN3. The predicted molar refractivity (Wildman–Crippen MR) is 69.2 cm³/mol. The second-order valence-corrected chi connectivity index (χ2v) is 4.62. The molecule has 0 radical (unpaired) electrons. The van der Waals surface area contributed by atoms with Gasteiger partial charge < -0.3 is 5.32 Å². The van der Waals surface area contributed by atoms with Crippen molar-refractivity contribution in [3.05, 3.63) is 45.8 Å². The average molecular weight is 299 g/mol. The Hall–Kier alpha value is -1.13. The summed E-state index contributed by atoms with van der Waals surface area (Å²) in [5.74, 6) is 0.621. The molecule has 82 valence electrons. The van der Waals surface area contributed by atoms with Gasteiger partial charge in [0.2, 0.25) is 0 Å². The van der Waals surface area contributed by atoms with Gasteiger partial charge in [-0.2, -0.15) is 0 Å². The van der Waals surface area contributed by atoms with E-state index in [1.165, 1.54) is 0 Å². The van der Waals surface area contributed by atoms with Gasteiger partial charge in [-0.05, 0) is 41.1 Å². The minimum atomic E-state index is 0.565. The Kier molecular flexibility index (Phi) is 3.41. The minimum absolute atomic E-state index is 0.565. The molecule has 0 aliphatic carbocycles. The molecule has 0 bridgehead atoms. The number of anilines is 2. The molecule has 0 unspecified atom stereocenters. The Morgan fingerprint density at radius 2 is 2.06 bits per heavy atom. The van der Waals surface area contributed by atoms with Crippen molar-refractivity contribution in [1.29, 1.82) is 0 Å². The molecule has 5 heteroatoms. The monoisotopic (exact) mass is 297 g/mol. The lowest BCUT2D eigenvalue weighted by molar-refractivity contribution is 1.19. The van der Waals surface area contributed by atoms with Crippen LogP contribution in [0.2, 0.25) is 5.02 Å². The van der Waals surface area contributed by atoms with Crippen molar-refractivity contribution < 1.29 is 0 Å². The largest absolute Gasteiger partial charge is 0.338 e. The maximum absolute atomic E-state index is 6.04. The van der Waals surface area contributed by atoms with E-state index >= 15 is 0 Å². The maximum Gasteiger partial charge on any atom is 0.149 e. The van der Waals surface area contributed by atoms with Crippen LogP contribution < -0.4 is 5.32 Å². The highest BCUT2D eigenvalue weighted by Crippen LogP contribution is 2.25. The summed E-state index contributed by atoms with van der Waals surface area (Å²) in [6, 6.07) is 5.65. The molecular weight excluding hydrogens is 289 g/mol. The van der Waals surface area contributed by atoms with Gasteiger partial charge in [-0.25, -0.2) is 4.98 Å². The van der Waals surface area contributed by atoms with Gasteiger partial charge in [0.1, 0.15) is 5.82 Å². The van der Waals surface area contributed by atoms with Crippen molar-refractivity contribution in [3.8, 4) is 0 Å². The average Bonchev–Trinajstić information content (AvgIpc) is 2.25. The van der Waals surface area contributed by atoms with Crippen LogP contribution in [0.15, 0.2) is 35.1 Å². The molecule has 1 N–H and O–H groups in total. The van der Waals surface area contributed by atoms with E-state index < -0.39 is 0 Å². The fourth-order valence-corrected chi connectivity index (χ4v) is 1.86. The van der Waals surface area contributed by atoms with E-state index in [4.69, 9.17) is 11.6 Å². The third kappa shape index (κ3) is 2.71. The molecule has 0 amide bonds. The van der Waals surface area contributed by atoms with Crippen LogP contribution in [0.3, 0.4) is 0 Å². The van der Waals surface area contributed by atoms with Crippen molar-refractivity contribution in [2.45, 2.75) is 6.92 Å². The van der Waals surface area contributed by atoms with Crippen LogP contribution in [0.4, 0.5) is 11.5 Å². The number of hydrogen-bond acceptors (Lipinski definition) is 3. The van der Waals surface area contributed by atoms with E-state index in [9.17, 15) is 0 Å². The molecule has 0 aliphatic rings. The Bertz CT molecular complexity index is 499. The van der Waals surface area contributed by atoms with Gasteiger partial charge in [0.05, 0.1) is 16.9 Å². The van der Waals surface area contributed by atoms with Crippen LogP contribution in [-0.4, -0.2) is 9.97 Å². The second-order valence-electron chi connectivity index (χ2n) is 3.30. The van der Waals surface area contributed by atoms with Gasteiger partial charge in [-0.1, -0.05) is 11.6 Å². The van der Waals surface area contributed by atoms with E-state index in [-0.39, 0.29) is 0 Å². The number of pyridine rings is 2. The third-order valence-electron chi connectivity index (χ3n) is 1.98. The van der Waals surface area contributed by atoms with Gasteiger partial charge in [0.25, 0.3) is 0 Å². The highest BCUT2D eigenvalue weighted by molar-refractivity contribution is 9.10. The Morgan fingerprint density at radius 1 is 1.25 bits per heavy atom. The van der Waals surface area contributed by atoms with Crippen LogP contribution in [0.1, 0.15) is 5.69 Å². The van der Waals surface area contributed by atoms with Gasteiger partial charge in [-0.15, -0.1) is 0 Å². The molecule has 0 atom stereocenters. The normalized spacial score (nSPS) is 10.2. The summed E-state index contributed by atoms with van der Waals surface area (Å²) in [7, 11) is 0. The molecule has 2 aromatic rings. The zero-order chi connectivity index (χ0) is 11.5. The van der Waals surface area contributed by atoms with E-state index in [0.29, 0.717) is 10.8 Å². The van der Waals surface area contributed by atoms with Crippen molar-refractivity contribution in [3.63, 3.8) is 0 Å². The Morgan fingerprint density at radius 3 is 2.69 bits per heavy atom. The predicted octanol–water partition coefficient (Wildman–Crippen LogP) is 3.94. The Balaban J connectivity index is 2.23. The summed E-state index contributed by atoms with van der Waals surface area (Å²) in [5.41, 5.74) is 1.84. The first-order chi connectivity index (χ1) is 7.65. The summed E-state index contributed by atoms with van der Waals surface area (Å²) < 4.78 is 0.852. The zero-order valence-corrected chi connectivity index (χ0v) is 10.9. The topological polar surface area (TPSA) is 37.8 Å². The molecule has 0 aliphatic heterocycles. The van der Waals surface area contributed by atoms with Crippen molar-refractivity contribution in [1.82, 2.24) is 9.97 Å². The first kappa shape index (κ1) is 11.4. The number of hydrogen-bond donors (Lipinski definition) is 1. The Labute approximate surface area is 107 Å². The summed E-state index contributed by atoms with van der Waals surface area (Å²) in [6.45, 7) is 1.94. The SMILES string of the molecule is Cc1ccc(Nc2ncc(Br)cc2Cl)cn1. The minimum Gasteiger partial charge on any atom is -0.338 e. The zero-order valence-electron chi connectivity index (χ0n) is 8.54. The summed E-state index contributed by atoms with van der Waals surface area (Å²) in [6.07, 6.45) is 3.44. The van der Waals surface area contributed by atoms with Crippen LogP contribution in [0.5, 0.6) is 0 Å². The molecule has 0 spiro atoms. The fourth-order valence-electron chi connectivity index (χ4n) is 1.19. The standard InChI is InChI=1S/C11H9BrClN3/c1-7-2-3-9(6-14-7)16-11-10(13)4-8(12)5-15-11/h2-6H,1H3,(H,15,16). The van der Waals surface area contributed by atoms with Gasteiger partial charge >= 0.3 is 0 Å². The lowest BCUT2D eigenvalue weighted by Crippen LogP contribution is -1.95. The number of rotatable bonds is 2. The smallest absolute Gasteiger partial charge is 0.149 e. The van der Waals surface area contributed by atoms with Gasteiger partial charge in [-0.3, -0.25) is 4.98 Å². The van der Waals surface area contributed by atoms with E-state index in [1.807, 2.05) is 19.1 Å². The molecule has 0 saturated carbocycles. The molecule has 2 heterocycles. The molecule has 2 aromatic heterocycles. The molecule has 0 aromatic carbocycles. The number of aromatic nitrogens is 2. The summed E-state index contributed by atoms with van der Waals surface area (Å²) >= 11 is 9.34.